The fourth-order valence-electron chi connectivity index (χ4n) is 4.54. The van der Waals surface area contributed by atoms with E-state index < -0.39 is 5.60 Å². The third-order valence-corrected chi connectivity index (χ3v) is 6.58. The van der Waals surface area contributed by atoms with E-state index in [1.807, 2.05) is 30.0 Å². The Morgan fingerprint density at radius 1 is 1.16 bits per heavy atom. The van der Waals surface area contributed by atoms with Crippen molar-refractivity contribution in [3.05, 3.63) is 17.6 Å². The Kier molecular flexibility index (Phi) is 7.51. The molecule has 2 aliphatic rings. The summed E-state index contributed by atoms with van der Waals surface area (Å²) in [5.41, 5.74) is -0.0417. The normalized spacial score (nSPS) is 20.9. The maximum Gasteiger partial charge on any atom is 0.225 e. The third-order valence-electron chi connectivity index (χ3n) is 6.58. The van der Waals surface area contributed by atoms with E-state index in [1.54, 1.807) is 18.9 Å². The lowest BCUT2D eigenvalue weighted by molar-refractivity contribution is -0.139. The zero-order chi connectivity index (χ0) is 22.6. The van der Waals surface area contributed by atoms with Crippen LogP contribution in [-0.4, -0.2) is 76.5 Å². The van der Waals surface area contributed by atoms with Crippen LogP contribution in [-0.2, 0) is 16.1 Å². The molecule has 0 bridgehead atoms. The van der Waals surface area contributed by atoms with Crippen LogP contribution in [0.4, 0.5) is 5.82 Å². The Hall–Kier alpha value is -2.22. The second kappa shape index (κ2) is 9.94. The number of likely N-dealkylation sites (tertiary alicyclic amines) is 1. The van der Waals surface area contributed by atoms with Crippen LogP contribution >= 0.6 is 0 Å². The van der Waals surface area contributed by atoms with Crippen molar-refractivity contribution in [3.8, 4) is 0 Å². The molecule has 0 aromatic carbocycles. The van der Waals surface area contributed by atoms with E-state index in [1.165, 1.54) is 0 Å². The Morgan fingerprint density at radius 3 is 2.52 bits per heavy atom. The zero-order valence-electron chi connectivity index (χ0n) is 19.4. The van der Waals surface area contributed by atoms with Crippen LogP contribution in [0.15, 0.2) is 6.07 Å². The molecule has 8 heteroatoms. The van der Waals surface area contributed by atoms with Crippen molar-refractivity contribution in [3.63, 3.8) is 0 Å². The lowest BCUT2D eigenvalue weighted by Crippen LogP contribution is -2.44. The summed E-state index contributed by atoms with van der Waals surface area (Å²) in [6.45, 7) is 3.26. The van der Waals surface area contributed by atoms with Gasteiger partial charge in [-0.1, -0.05) is 19.3 Å². The predicted molar refractivity (Wildman–Crippen MR) is 120 cm³/mol. The van der Waals surface area contributed by atoms with Crippen LogP contribution in [0.3, 0.4) is 0 Å². The molecule has 1 aliphatic carbocycles. The molecule has 2 amide bonds. The molecule has 1 aromatic rings. The van der Waals surface area contributed by atoms with E-state index in [2.05, 4.69) is 0 Å². The molecular formula is C23H37N5O3. The molecule has 2 fully saturated rings. The van der Waals surface area contributed by atoms with Gasteiger partial charge in [0.05, 0.1) is 24.3 Å². The Balaban J connectivity index is 1.74. The molecule has 2 heterocycles. The molecule has 172 valence electrons. The van der Waals surface area contributed by atoms with Crippen molar-refractivity contribution in [2.45, 2.75) is 76.4 Å². The molecule has 1 saturated carbocycles. The van der Waals surface area contributed by atoms with Crippen LogP contribution in [0.5, 0.6) is 0 Å². The Bertz CT molecular complexity index is 791. The van der Waals surface area contributed by atoms with Gasteiger partial charge in [-0.3, -0.25) is 9.59 Å². The standard InChI is InChI=1S/C23H37N5O3/c1-17(29)27(4)16-19-13-20(26(2)3)25-22(24-19)18-9-8-12-28(15-18)21(30)14-23(31)10-6-5-7-11-23/h13,18,31H,5-12,14-16H2,1-4H3/t18-/m0/s1. The van der Waals surface area contributed by atoms with Crippen molar-refractivity contribution < 1.29 is 14.7 Å². The first kappa shape index (κ1) is 23.4. The number of hydrogen-bond acceptors (Lipinski definition) is 6. The summed E-state index contributed by atoms with van der Waals surface area (Å²) in [6.07, 6.45) is 6.61. The van der Waals surface area contributed by atoms with Gasteiger partial charge in [-0.25, -0.2) is 9.97 Å². The predicted octanol–water partition coefficient (Wildman–Crippen LogP) is 2.31. The molecule has 3 rings (SSSR count). The highest BCUT2D eigenvalue weighted by Crippen LogP contribution is 2.33. The minimum absolute atomic E-state index is 0.0124. The van der Waals surface area contributed by atoms with Gasteiger partial charge in [0, 0.05) is 53.1 Å². The maximum absolute atomic E-state index is 13.0. The smallest absolute Gasteiger partial charge is 0.225 e. The van der Waals surface area contributed by atoms with Crippen molar-refractivity contribution in [1.82, 2.24) is 19.8 Å². The fraction of sp³-hybridized carbons (Fsp3) is 0.739. The summed E-state index contributed by atoms with van der Waals surface area (Å²) < 4.78 is 0. The highest BCUT2D eigenvalue weighted by molar-refractivity contribution is 5.77. The second-order valence-electron chi connectivity index (χ2n) is 9.49. The van der Waals surface area contributed by atoms with Gasteiger partial charge < -0.3 is 19.8 Å². The summed E-state index contributed by atoms with van der Waals surface area (Å²) in [4.78, 5) is 39.6. The average molecular weight is 432 g/mol. The Labute approximate surface area is 185 Å². The van der Waals surface area contributed by atoms with Gasteiger partial charge in [0.1, 0.15) is 11.6 Å². The second-order valence-corrected chi connectivity index (χ2v) is 9.49. The number of hydrogen-bond donors (Lipinski definition) is 1. The number of rotatable bonds is 6. The highest BCUT2D eigenvalue weighted by atomic mass is 16.3. The van der Waals surface area contributed by atoms with Gasteiger partial charge in [-0.2, -0.15) is 0 Å². The molecule has 1 aromatic heterocycles. The number of aliphatic hydroxyl groups is 1. The first-order valence-electron chi connectivity index (χ1n) is 11.4. The zero-order valence-corrected chi connectivity index (χ0v) is 19.4. The van der Waals surface area contributed by atoms with Crippen LogP contribution in [0.2, 0.25) is 0 Å². The van der Waals surface area contributed by atoms with E-state index in [-0.39, 0.29) is 24.2 Å². The topological polar surface area (TPSA) is 89.9 Å². The fourth-order valence-corrected chi connectivity index (χ4v) is 4.54. The number of carbonyl (C=O) groups is 2. The largest absolute Gasteiger partial charge is 0.389 e. The number of piperidine rings is 1. The van der Waals surface area contributed by atoms with E-state index in [0.717, 1.165) is 68.8 Å². The van der Waals surface area contributed by atoms with Gasteiger partial charge in [0.25, 0.3) is 0 Å². The molecular weight excluding hydrogens is 394 g/mol. The molecule has 1 N–H and O–H groups in total. The van der Waals surface area contributed by atoms with Crippen LogP contribution in [0.25, 0.3) is 0 Å². The molecule has 1 saturated heterocycles. The third kappa shape index (κ3) is 6.15. The average Bonchev–Trinajstić information content (AvgIpc) is 2.73. The minimum Gasteiger partial charge on any atom is -0.389 e. The summed E-state index contributed by atoms with van der Waals surface area (Å²) in [5.74, 6) is 1.61. The van der Waals surface area contributed by atoms with Gasteiger partial charge >= 0.3 is 0 Å². The van der Waals surface area contributed by atoms with Crippen molar-refractivity contribution in [2.24, 2.45) is 0 Å². The minimum atomic E-state index is -0.839. The lowest BCUT2D eigenvalue weighted by atomic mass is 9.82. The number of carbonyl (C=O) groups excluding carboxylic acids is 2. The number of nitrogens with zero attached hydrogens (tertiary/aromatic N) is 5. The molecule has 1 atom stereocenters. The summed E-state index contributed by atoms with van der Waals surface area (Å²) in [5, 5.41) is 10.8. The maximum atomic E-state index is 13.0. The van der Waals surface area contributed by atoms with Crippen molar-refractivity contribution in [1.29, 1.82) is 0 Å². The molecule has 0 radical (unpaired) electrons. The molecule has 8 nitrogen and oxygen atoms in total. The number of anilines is 1. The van der Waals surface area contributed by atoms with Gasteiger partial charge in [0.15, 0.2) is 0 Å². The van der Waals surface area contributed by atoms with Gasteiger partial charge in [-0.05, 0) is 25.7 Å². The first-order chi connectivity index (χ1) is 14.7. The molecule has 0 unspecified atom stereocenters. The Morgan fingerprint density at radius 2 is 1.87 bits per heavy atom. The lowest BCUT2D eigenvalue weighted by Gasteiger charge is -2.37. The van der Waals surface area contributed by atoms with Crippen LogP contribution in [0, 0.1) is 0 Å². The van der Waals surface area contributed by atoms with Crippen LogP contribution < -0.4 is 4.90 Å². The van der Waals surface area contributed by atoms with Crippen molar-refractivity contribution >= 4 is 17.6 Å². The van der Waals surface area contributed by atoms with Crippen LogP contribution in [0.1, 0.15) is 75.7 Å². The highest BCUT2D eigenvalue weighted by Gasteiger charge is 2.35. The summed E-state index contributed by atoms with van der Waals surface area (Å²) in [6, 6.07) is 1.91. The molecule has 0 spiro atoms. The van der Waals surface area contributed by atoms with Crippen molar-refractivity contribution in [2.75, 3.05) is 39.1 Å². The SMILES string of the molecule is CC(=O)N(C)Cc1cc(N(C)C)nc([C@H]2CCCN(C(=O)CC3(O)CCCCC3)C2)n1. The number of amides is 2. The van der Waals surface area contributed by atoms with Gasteiger partial charge in [0.2, 0.25) is 11.8 Å². The van der Waals surface area contributed by atoms with E-state index in [4.69, 9.17) is 9.97 Å². The van der Waals surface area contributed by atoms with Gasteiger partial charge in [-0.15, -0.1) is 0 Å². The quantitative estimate of drug-likeness (QED) is 0.743. The molecule has 1 aliphatic heterocycles. The first-order valence-corrected chi connectivity index (χ1v) is 11.4. The molecule has 31 heavy (non-hydrogen) atoms. The number of aromatic nitrogens is 2. The monoisotopic (exact) mass is 431 g/mol. The summed E-state index contributed by atoms with van der Waals surface area (Å²) >= 11 is 0. The van der Waals surface area contributed by atoms with E-state index >= 15 is 0 Å². The van der Waals surface area contributed by atoms with E-state index in [0.29, 0.717) is 13.1 Å². The van der Waals surface area contributed by atoms with E-state index in [9.17, 15) is 14.7 Å². The summed E-state index contributed by atoms with van der Waals surface area (Å²) in [7, 11) is 5.63.